The third kappa shape index (κ3) is 9.37. The Morgan fingerprint density at radius 3 is 2.10 bits per heavy atom. The lowest BCUT2D eigenvalue weighted by molar-refractivity contribution is -0.294. The van der Waals surface area contributed by atoms with Crippen molar-refractivity contribution in [2.45, 2.75) is 155 Å². The molecule has 0 radical (unpaired) electrons. The second-order valence-electron chi connectivity index (χ2n) is 15.7. The lowest BCUT2D eigenvalue weighted by Gasteiger charge is -2.46. The number of carbonyl (C=O) groups is 4. The molecule has 0 bridgehead atoms. The van der Waals surface area contributed by atoms with Crippen molar-refractivity contribution < 1.29 is 62.2 Å². The highest BCUT2D eigenvalue weighted by Crippen LogP contribution is 2.43. The van der Waals surface area contributed by atoms with Crippen LogP contribution in [0.1, 0.15) is 81.6 Å². The summed E-state index contributed by atoms with van der Waals surface area (Å²) in [6, 6.07) is -0.223. The van der Waals surface area contributed by atoms with Crippen molar-refractivity contribution in [3.63, 3.8) is 0 Å². The number of ether oxygens (including phenoxy) is 8. The fraction of sp³-hybridized carbons (Fsp3) is 0.892. The predicted molar refractivity (Wildman–Crippen MR) is 182 cm³/mol. The van der Waals surface area contributed by atoms with Crippen molar-refractivity contribution in [1.82, 2.24) is 4.90 Å². The van der Waals surface area contributed by atoms with Gasteiger partial charge in [0.05, 0.1) is 43.0 Å². The van der Waals surface area contributed by atoms with E-state index in [2.05, 4.69) is 0 Å². The number of ketones is 2. The number of carbonyl (C=O) groups excluding carboxylic acids is 4. The molecule has 4 rings (SSSR count). The van der Waals surface area contributed by atoms with Gasteiger partial charge in [0.25, 0.3) is 0 Å². The molecule has 1 N–H and O–H groups in total. The van der Waals surface area contributed by atoms with E-state index < -0.39 is 102 Å². The summed E-state index contributed by atoms with van der Waals surface area (Å²) in [5, 5.41) is 11.3. The summed E-state index contributed by atoms with van der Waals surface area (Å²) in [4.78, 5) is 55.0. The molecule has 0 aromatic carbocycles. The number of nitrogens with zero attached hydrogens (tertiary/aromatic N) is 1. The van der Waals surface area contributed by atoms with E-state index >= 15 is 0 Å². The van der Waals surface area contributed by atoms with Crippen LogP contribution in [0, 0.1) is 29.6 Å². The number of cyclic esters (lactones) is 1. The first kappa shape index (κ1) is 41.7. The van der Waals surface area contributed by atoms with Gasteiger partial charge >= 0.3 is 11.9 Å². The maximum atomic E-state index is 14.0. The zero-order valence-electron chi connectivity index (χ0n) is 32.4. The van der Waals surface area contributed by atoms with Crippen molar-refractivity contribution in [2.75, 3.05) is 27.8 Å². The first-order chi connectivity index (χ1) is 23.8. The average Bonchev–Trinajstić information content (AvgIpc) is 3.85. The number of hydrogen-bond donors (Lipinski definition) is 1. The van der Waals surface area contributed by atoms with E-state index in [9.17, 15) is 24.3 Å². The van der Waals surface area contributed by atoms with Crippen LogP contribution in [0.25, 0.3) is 0 Å². The first-order valence-corrected chi connectivity index (χ1v) is 18.4. The third-order valence-electron chi connectivity index (χ3n) is 11.5. The molecule has 14 heteroatoms. The van der Waals surface area contributed by atoms with Gasteiger partial charge < -0.3 is 47.9 Å². The van der Waals surface area contributed by atoms with Gasteiger partial charge in [-0.05, 0) is 60.5 Å². The fourth-order valence-electron chi connectivity index (χ4n) is 8.07. The zero-order valence-corrected chi connectivity index (χ0v) is 32.4. The molecule has 4 fully saturated rings. The number of epoxide rings is 1. The van der Waals surface area contributed by atoms with Gasteiger partial charge in [-0.15, -0.1) is 0 Å². The van der Waals surface area contributed by atoms with Crippen LogP contribution >= 0.6 is 0 Å². The molecule has 0 saturated carbocycles. The largest absolute Gasteiger partial charge is 0.462 e. The molecule has 1 spiro atoms. The maximum Gasteiger partial charge on any atom is 0.311 e. The van der Waals surface area contributed by atoms with Crippen molar-refractivity contribution in [3.8, 4) is 0 Å². The first-order valence-electron chi connectivity index (χ1n) is 18.4. The minimum atomic E-state index is -1.14. The molecule has 0 aromatic rings. The number of hydrogen-bond acceptors (Lipinski definition) is 14. The third-order valence-corrected chi connectivity index (χ3v) is 11.5. The highest BCUT2D eigenvalue weighted by Gasteiger charge is 2.57. The van der Waals surface area contributed by atoms with E-state index in [1.807, 2.05) is 39.8 Å². The van der Waals surface area contributed by atoms with Crippen LogP contribution < -0.4 is 0 Å². The summed E-state index contributed by atoms with van der Waals surface area (Å²) in [7, 11) is 5.26. The van der Waals surface area contributed by atoms with Crippen LogP contribution in [0.3, 0.4) is 0 Å². The van der Waals surface area contributed by atoms with Gasteiger partial charge in [-0.2, -0.15) is 0 Å². The van der Waals surface area contributed by atoms with E-state index in [0.717, 1.165) is 0 Å². The topological polar surface area (TPSA) is 169 Å². The summed E-state index contributed by atoms with van der Waals surface area (Å²) >= 11 is 0. The quantitative estimate of drug-likeness (QED) is 0.300. The lowest BCUT2D eigenvalue weighted by Crippen LogP contribution is -2.58. The monoisotopic (exact) mass is 727 g/mol. The Kier molecular flexibility index (Phi) is 13.9. The predicted octanol–water partition coefficient (Wildman–Crippen LogP) is 2.69. The minimum Gasteiger partial charge on any atom is -0.462 e. The van der Waals surface area contributed by atoms with Crippen molar-refractivity contribution in [2.24, 2.45) is 29.6 Å². The second kappa shape index (κ2) is 17.0. The van der Waals surface area contributed by atoms with E-state index in [1.54, 1.807) is 34.6 Å². The Morgan fingerprint density at radius 2 is 1.53 bits per heavy atom. The second-order valence-corrected chi connectivity index (χ2v) is 15.7. The Hall–Kier alpha value is -2.04. The van der Waals surface area contributed by atoms with E-state index in [1.165, 1.54) is 14.0 Å². The van der Waals surface area contributed by atoms with Crippen LogP contribution in [0.15, 0.2) is 0 Å². The van der Waals surface area contributed by atoms with Crippen LogP contribution in [-0.4, -0.2) is 134 Å². The SMILES string of the molecule is CO[C@@H]1C[C@H](O[C@H]2[C@@H](C)[C@@H](O[C@@H]3O[C@H](C)C[C@H](N(C)C)[C@H]3OC(C)=O)[C@@H](C)C[C@@]3(CO3)C(=O)[C@H](C)[C@@H](O)[C@@H](C)[C@@H](C)OC(=O)[C@H]2C)O[C@@H](C)C1=O. The number of methoxy groups -OCH3 is 1. The highest BCUT2D eigenvalue weighted by atomic mass is 16.7. The van der Waals surface area contributed by atoms with E-state index in [4.69, 9.17) is 37.9 Å². The summed E-state index contributed by atoms with van der Waals surface area (Å²) in [6.07, 6.45) is -7.04. The Labute approximate surface area is 302 Å². The van der Waals surface area contributed by atoms with Gasteiger partial charge in [0.1, 0.15) is 18.3 Å². The number of Topliss-reactive ketones (excluding diaryl/α,β-unsaturated/α-hetero) is 2. The molecule has 4 saturated heterocycles. The average molecular weight is 728 g/mol. The zero-order chi connectivity index (χ0) is 38.1. The number of esters is 2. The van der Waals surface area contributed by atoms with Gasteiger partial charge in [-0.1, -0.05) is 27.7 Å². The van der Waals surface area contributed by atoms with Gasteiger partial charge in [0.15, 0.2) is 35.9 Å². The Bertz CT molecular complexity index is 1240. The lowest BCUT2D eigenvalue weighted by atomic mass is 9.76. The Balaban J connectivity index is 1.79. The molecule has 14 nitrogen and oxygen atoms in total. The molecule has 292 valence electrons. The summed E-state index contributed by atoms with van der Waals surface area (Å²) < 4.78 is 49.1. The van der Waals surface area contributed by atoms with Crippen LogP contribution in [0.5, 0.6) is 0 Å². The standard InChI is InChI=1S/C37H61NO13/c1-17-15-37(16-45-37)34(42)20(4)29(40)19(3)23(7)48-35(43)22(6)32(50-28-14-27(44-12)30(41)24(8)47-28)21(5)31(17)51-36-33(49-25(9)39)26(38(10)11)13-18(2)46-36/h17-24,26-29,31-33,36,40H,13-16H2,1-12H3/t17-,18+,19-,20+,21-,22-,23+,24-,26-,27+,28-,29-,31-,32-,33+,36-,37+/m0/s1. The van der Waals surface area contributed by atoms with Gasteiger partial charge in [0.2, 0.25) is 0 Å². The molecule has 4 aliphatic heterocycles. The number of aliphatic hydroxyl groups is 1. The van der Waals surface area contributed by atoms with Crippen LogP contribution in [0.4, 0.5) is 0 Å². The normalized spacial score (nSPS) is 46.0. The maximum absolute atomic E-state index is 14.0. The number of rotatable bonds is 7. The smallest absolute Gasteiger partial charge is 0.311 e. The number of aliphatic hydroxyl groups excluding tert-OH is 1. The van der Waals surface area contributed by atoms with Crippen molar-refractivity contribution in [3.05, 3.63) is 0 Å². The summed E-state index contributed by atoms with van der Waals surface area (Å²) in [5.41, 5.74) is -1.14. The van der Waals surface area contributed by atoms with E-state index in [0.29, 0.717) is 6.42 Å². The molecule has 51 heavy (non-hydrogen) atoms. The van der Waals surface area contributed by atoms with E-state index in [-0.39, 0.29) is 43.2 Å². The summed E-state index contributed by atoms with van der Waals surface area (Å²) in [6.45, 7) is 15.7. The highest BCUT2D eigenvalue weighted by molar-refractivity contribution is 5.92. The van der Waals surface area contributed by atoms with Gasteiger partial charge in [0, 0.05) is 38.2 Å². The molecule has 0 aromatic heterocycles. The number of likely N-dealkylation sites (N-methyl/N-ethyl adjacent to an activating group) is 1. The van der Waals surface area contributed by atoms with Gasteiger partial charge in [-0.25, -0.2) is 0 Å². The van der Waals surface area contributed by atoms with Crippen LogP contribution in [-0.2, 0) is 57.1 Å². The fourth-order valence-corrected chi connectivity index (χ4v) is 8.07. The molecular formula is C37H61NO13. The molecule has 17 atom stereocenters. The van der Waals surface area contributed by atoms with Gasteiger partial charge in [-0.3, -0.25) is 19.2 Å². The molecule has 0 unspecified atom stereocenters. The summed E-state index contributed by atoms with van der Waals surface area (Å²) in [5.74, 6) is -4.70. The Morgan fingerprint density at radius 1 is 0.882 bits per heavy atom. The molecule has 0 aliphatic carbocycles. The minimum absolute atomic E-state index is 0.108. The molecule has 4 heterocycles. The van der Waals surface area contributed by atoms with Crippen molar-refractivity contribution in [1.29, 1.82) is 0 Å². The van der Waals surface area contributed by atoms with Crippen molar-refractivity contribution >= 4 is 23.5 Å². The van der Waals surface area contributed by atoms with Crippen LogP contribution in [0.2, 0.25) is 0 Å². The molecule has 0 amide bonds. The molecular weight excluding hydrogens is 666 g/mol. The molecule has 4 aliphatic rings.